The van der Waals surface area contributed by atoms with E-state index in [-0.39, 0.29) is 0 Å². The van der Waals surface area contributed by atoms with E-state index in [2.05, 4.69) is 42.5 Å². The minimum absolute atomic E-state index is 0.388. The maximum Gasteiger partial charge on any atom is 0.170 e. The number of rotatable bonds is 4. The van der Waals surface area contributed by atoms with Gasteiger partial charge < -0.3 is 10.6 Å². The lowest BCUT2D eigenvalue weighted by Crippen LogP contribution is -2.35. The van der Waals surface area contributed by atoms with Crippen LogP contribution in [0.4, 0.5) is 5.69 Å². The van der Waals surface area contributed by atoms with Crippen LogP contribution in [0.3, 0.4) is 0 Å². The van der Waals surface area contributed by atoms with Crippen molar-refractivity contribution in [1.82, 2.24) is 10.3 Å². The van der Waals surface area contributed by atoms with Gasteiger partial charge in [0.2, 0.25) is 0 Å². The van der Waals surface area contributed by atoms with Crippen LogP contribution < -0.4 is 10.6 Å². The second-order valence-electron chi connectivity index (χ2n) is 4.55. The first-order valence-corrected chi connectivity index (χ1v) is 7.81. The van der Waals surface area contributed by atoms with Crippen molar-refractivity contribution in [2.24, 2.45) is 0 Å². The number of fused-ring (bicyclic) bond motifs is 1. The fourth-order valence-corrected chi connectivity index (χ4v) is 2.96. The van der Waals surface area contributed by atoms with E-state index in [0.29, 0.717) is 11.2 Å². The summed E-state index contributed by atoms with van der Waals surface area (Å²) < 4.78 is 1.20. The van der Waals surface area contributed by atoms with Crippen LogP contribution in [0.2, 0.25) is 0 Å². The Kier molecular flexibility index (Phi) is 4.71. The summed E-state index contributed by atoms with van der Waals surface area (Å²) in [5.74, 6) is 0. The summed E-state index contributed by atoms with van der Waals surface area (Å²) in [6.45, 7) is 6.38. The van der Waals surface area contributed by atoms with Crippen LogP contribution in [0.25, 0.3) is 10.2 Å². The molecule has 3 nitrogen and oxygen atoms in total. The van der Waals surface area contributed by atoms with Gasteiger partial charge in [-0.25, -0.2) is 4.98 Å². The highest BCUT2D eigenvalue weighted by molar-refractivity contribution is 7.80. The van der Waals surface area contributed by atoms with Crippen molar-refractivity contribution in [3.8, 4) is 0 Å². The first-order valence-electron chi connectivity index (χ1n) is 6.59. The normalized spacial score (nSPS) is 12.4. The molecule has 0 radical (unpaired) electrons. The molecule has 2 N–H and O–H groups in total. The van der Waals surface area contributed by atoms with E-state index in [1.54, 1.807) is 11.3 Å². The number of hydrogen-bond donors (Lipinski definition) is 2. The van der Waals surface area contributed by atoms with Crippen molar-refractivity contribution < 1.29 is 0 Å². The molecule has 0 saturated carbocycles. The number of aromatic nitrogens is 1. The topological polar surface area (TPSA) is 37.0 Å². The van der Waals surface area contributed by atoms with E-state index < -0.39 is 0 Å². The van der Waals surface area contributed by atoms with Crippen molar-refractivity contribution in [2.75, 3.05) is 5.32 Å². The average Bonchev–Trinajstić information content (AvgIpc) is 2.80. The van der Waals surface area contributed by atoms with Gasteiger partial charge in [-0.15, -0.1) is 11.3 Å². The molecule has 0 aliphatic carbocycles. The van der Waals surface area contributed by atoms with Crippen LogP contribution in [0.15, 0.2) is 18.2 Å². The molecule has 0 saturated heterocycles. The Morgan fingerprint density at radius 2 is 2.21 bits per heavy atom. The highest BCUT2D eigenvalue weighted by Gasteiger charge is 2.05. The summed E-state index contributed by atoms with van der Waals surface area (Å²) in [5, 5.41) is 8.32. The highest BCUT2D eigenvalue weighted by Crippen LogP contribution is 2.25. The lowest BCUT2D eigenvalue weighted by molar-refractivity contribution is 0.646. The predicted octanol–water partition coefficient (Wildman–Crippen LogP) is 3.94. The lowest BCUT2D eigenvalue weighted by Gasteiger charge is -2.15. The van der Waals surface area contributed by atoms with Crippen LogP contribution in [-0.4, -0.2) is 16.1 Å². The molecule has 0 amide bonds. The van der Waals surface area contributed by atoms with Gasteiger partial charge in [-0.1, -0.05) is 13.8 Å². The molecule has 102 valence electrons. The standard InChI is InChI=1S/C14H19N3S2/c1-4-9(3)15-14(18)16-10-6-7-11-12(8-10)19-13(5-2)17-11/h6-9H,4-5H2,1-3H3,(H2,15,16,18)/t9-/m0/s1. The number of thiocarbonyl (C=S) groups is 1. The monoisotopic (exact) mass is 293 g/mol. The molecule has 2 aromatic rings. The van der Waals surface area contributed by atoms with Crippen molar-refractivity contribution in [3.63, 3.8) is 0 Å². The smallest absolute Gasteiger partial charge is 0.170 e. The lowest BCUT2D eigenvalue weighted by atomic mass is 10.3. The third-order valence-electron chi connectivity index (χ3n) is 2.98. The van der Waals surface area contributed by atoms with Crippen LogP contribution in [0.5, 0.6) is 0 Å². The molecular weight excluding hydrogens is 274 g/mol. The third kappa shape index (κ3) is 3.64. The summed E-state index contributed by atoms with van der Waals surface area (Å²) in [4.78, 5) is 4.56. The summed E-state index contributed by atoms with van der Waals surface area (Å²) in [7, 11) is 0. The molecule has 5 heteroatoms. The molecule has 1 atom stereocenters. The molecule has 0 unspecified atom stereocenters. The van der Waals surface area contributed by atoms with Gasteiger partial charge in [0.25, 0.3) is 0 Å². The maximum atomic E-state index is 5.29. The maximum absolute atomic E-state index is 5.29. The largest absolute Gasteiger partial charge is 0.360 e. The fraction of sp³-hybridized carbons (Fsp3) is 0.429. The first kappa shape index (κ1) is 14.2. The van der Waals surface area contributed by atoms with Crippen molar-refractivity contribution in [1.29, 1.82) is 0 Å². The van der Waals surface area contributed by atoms with E-state index >= 15 is 0 Å². The third-order valence-corrected chi connectivity index (χ3v) is 4.37. The van der Waals surface area contributed by atoms with E-state index in [1.807, 2.05) is 12.1 Å². The van der Waals surface area contributed by atoms with Gasteiger partial charge in [0.15, 0.2) is 5.11 Å². The zero-order chi connectivity index (χ0) is 13.8. The molecule has 0 aliphatic rings. The molecular formula is C14H19N3S2. The number of thiazole rings is 1. The first-order chi connectivity index (χ1) is 9.12. The Hall–Kier alpha value is -1.20. The molecule has 2 rings (SSSR count). The summed E-state index contributed by atoms with van der Waals surface area (Å²) in [6, 6.07) is 6.56. The molecule has 1 heterocycles. The highest BCUT2D eigenvalue weighted by atomic mass is 32.1. The summed E-state index contributed by atoms with van der Waals surface area (Å²) in [5.41, 5.74) is 2.08. The Balaban J connectivity index is 2.10. The molecule has 19 heavy (non-hydrogen) atoms. The van der Waals surface area contributed by atoms with E-state index in [9.17, 15) is 0 Å². The zero-order valence-electron chi connectivity index (χ0n) is 11.5. The van der Waals surface area contributed by atoms with Crippen LogP contribution >= 0.6 is 23.6 Å². The summed E-state index contributed by atoms with van der Waals surface area (Å²) in [6.07, 6.45) is 2.03. The van der Waals surface area contributed by atoms with Crippen molar-refractivity contribution >= 4 is 44.6 Å². The van der Waals surface area contributed by atoms with E-state index in [0.717, 1.165) is 24.0 Å². The van der Waals surface area contributed by atoms with Crippen LogP contribution in [0.1, 0.15) is 32.2 Å². The average molecular weight is 293 g/mol. The molecule has 0 bridgehead atoms. The quantitative estimate of drug-likeness (QED) is 0.837. The Bertz CT molecular complexity index is 577. The minimum Gasteiger partial charge on any atom is -0.360 e. The Morgan fingerprint density at radius 3 is 2.89 bits per heavy atom. The molecule has 1 aromatic carbocycles. The summed E-state index contributed by atoms with van der Waals surface area (Å²) >= 11 is 7.04. The number of anilines is 1. The Labute approximate surface area is 123 Å². The number of nitrogens with zero attached hydrogens (tertiary/aromatic N) is 1. The number of hydrogen-bond acceptors (Lipinski definition) is 3. The SMILES string of the molecule is CCc1nc2ccc(NC(=S)N[C@@H](C)CC)cc2s1. The Morgan fingerprint density at radius 1 is 1.42 bits per heavy atom. The molecule has 0 fully saturated rings. The van der Waals surface area contributed by atoms with E-state index in [1.165, 1.54) is 9.71 Å². The van der Waals surface area contributed by atoms with Gasteiger partial charge >= 0.3 is 0 Å². The van der Waals surface area contributed by atoms with Crippen molar-refractivity contribution in [3.05, 3.63) is 23.2 Å². The fourth-order valence-electron chi connectivity index (χ4n) is 1.69. The van der Waals surface area contributed by atoms with Gasteiger partial charge in [-0.05, 0) is 50.2 Å². The number of aryl methyl sites for hydroxylation is 1. The molecule has 0 spiro atoms. The minimum atomic E-state index is 0.388. The number of nitrogens with one attached hydrogen (secondary N) is 2. The second kappa shape index (κ2) is 6.30. The predicted molar refractivity (Wildman–Crippen MR) is 88.1 cm³/mol. The van der Waals surface area contributed by atoms with Crippen LogP contribution in [0, 0.1) is 0 Å². The van der Waals surface area contributed by atoms with Crippen molar-refractivity contribution in [2.45, 2.75) is 39.7 Å². The van der Waals surface area contributed by atoms with Gasteiger partial charge in [-0.3, -0.25) is 0 Å². The van der Waals surface area contributed by atoms with Gasteiger partial charge in [0, 0.05) is 11.7 Å². The molecule has 0 aliphatic heterocycles. The van der Waals surface area contributed by atoms with Gasteiger partial charge in [0.05, 0.1) is 15.2 Å². The zero-order valence-corrected chi connectivity index (χ0v) is 13.1. The van der Waals surface area contributed by atoms with Gasteiger partial charge in [-0.2, -0.15) is 0 Å². The number of benzene rings is 1. The van der Waals surface area contributed by atoms with E-state index in [4.69, 9.17) is 12.2 Å². The van der Waals surface area contributed by atoms with Gasteiger partial charge in [0.1, 0.15) is 0 Å². The second-order valence-corrected chi connectivity index (χ2v) is 6.07. The van der Waals surface area contributed by atoms with Crippen LogP contribution in [-0.2, 0) is 6.42 Å². The molecule has 1 aromatic heterocycles.